The summed E-state index contributed by atoms with van der Waals surface area (Å²) in [6.45, 7) is 9.83. The fraction of sp³-hybridized carbons (Fsp3) is 0.895. The highest BCUT2D eigenvalue weighted by atomic mass is 16.2. The van der Waals surface area contributed by atoms with Crippen molar-refractivity contribution >= 4 is 11.8 Å². The molecule has 4 unspecified atom stereocenters. The Hall–Kier alpha value is -1.14. The van der Waals surface area contributed by atoms with Gasteiger partial charge in [-0.05, 0) is 37.5 Å². The van der Waals surface area contributed by atoms with E-state index in [0.29, 0.717) is 18.4 Å². The highest BCUT2D eigenvalue weighted by Gasteiger charge is 2.33. The van der Waals surface area contributed by atoms with Gasteiger partial charge >= 0.3 is 0 Å². The van der Waals surface area contributed by atoms with Crippen LogP contribution < -0.4 is 5.73 Å². The maximum Gasteiger partial charge on any atom is 0.236 e. The van der Waals surface area contributed by atoms with Crippen LogP contribution in [-0.4, -0.2) is 78.4 Å². The topological polar surface area (TPSA) is 69.9 Å². The summed E-state index contributed by atoms with van der Waals surface area (Å²) in [4.78, 5) is 31.4. The first kappa shape index (κ1) is 18.6. The van der Waals surface area contributed by atoms with Crippen molar-refractivity contribution in [1.82, 2.24) is 14.7 Å². The molecule has 1 saturated carbocycles. The number of likely N-dealkylation sites (tertiary alicyclic amines) is 1. The third-order valence-corrected chi connectivity index (χ3v) is 6.09. The molecule has 4 atom stereocenters. The summed E-state index contributed by atoms with van der Waals surface area (Å²) in [5, 5.41) is 0. The molecule has 3 rings (SSSR count). The van der Waals surface area contributed by atoms with Crippen LogP contribution in [-0.2, 0) is 9.59 Å². The number of piperidine rings is 1. The Morgan fingerprint density at radius 1 is 0.920 bits per heavy atom. The van der Waals surface area contributed by atoms with E-state index in [1.54, 1.807) is 0 Å². The number of amides is 2. The predicted octanol–water partition coefficient (Wildman–Crippen LogP) is 0.763. The summed E-state index contributed by atoms with van der Waals surface area (Å²) in [5.74, 6) is 1.84. The molecule has 0 aromatic heterocycles. The minimum Gasteiger partial charge on any atom is -0.341 e. The van der Waals surface area contributed by atoms with E-state index >= 15 is 0 Å². The van der Waals surface area contributed by atoms with Gasteiger partial charge in [-0.15, -0.1) is 0 Å². The number of nitrogens with zero attached hydrogens (tertiary/aromatic N) is 3. The van der Waals surface area contributed by atoms with Crippen LogP contribution in [0.4, 0.5) is 0 Å². The maximum atomic E-state index is 12.6. The number of piperazine rings is 1. The second-order valence-corrected chi connectivity index (χ2v) is 8.62. The summed E-state index contributed by atoms with van der Waals surface area (Å²) in [7, 11) is 0. The Morgan fingerprint density at radius 3 is 2.12 bits per heavy atom. The van der Waals surface area contributed by atoms with Crippen molar-refractivity contribution in [2.24, 2.45) is 23.5 Å². The number of hydrogen-bond donors (Lipinski definition) is 1. The van der Waals surface area contributed by atoms with Crippen molar-refractivity contribution in [2.45, 2.75) is 45.6 Å². The fourth-order valence-corrected chi connectivity index (χ4v) is 4.78. The quantitative estimate of drug-likeness (QED) is 0.816. The van der Waals surface area contributed by atoms with Gasteiger partial charge in [0.05, 0.1) is 6.54 Å². The normalized spacial score (nSPS) is 34.4. The van der Waals surface area contributed by atoms with Crippen LogP contribution in [0.15, 0.2) is 0 Å². The summed E-state index contributed by atoms with van der Waals surface area (Å²) in [6.07, 6.45) is 3.96. The van der Waals surface area contributed by atoms with Crippen molar-refractivity contribution in [3.05, 3.63) is 0 Å². The Kier molecular flexibility index (Phi) is 6.00. The van der Waals surface area contributed by atoms with Crippen LogP contribution in [0.25, 0.3) is 0 Å². The van der Waals surface area contributed by atoms with Gasteiger partial charge < -0.3 is 15.5 Å². The second-order valence-electron chi connectivity index (χ2n) is 8.62. The summed E-state index contributed by atoms with van der Waals surface area (Å²) >= 11 is 0. The van der Waals surface area contributed by atoms with Gasteiger partial charge in [-0.1, -0.05) is 13.8 Å². The fourth-order valence-electron chi connectivity index (χ4n) is 4.78. The van der Waals surface area contributed by atoms with Crippen LogP contribution >= 0.6 is 0 Å². The highest BCUT2D eigenvalue weighted by molar-refractivity contribution is 5.80. The molecule has 2 N–H and O–H groups in total. The van der Waals surface area contributed by atoms with Gasteiger partial charge in [-0.25, -0.2) is 0 Å². The monoisotopic (exact) mass is 350 g/mol. The molecule has 2 aliphatic heterocycles. The Balaban J connectivity index is 1.43. The molecule has 3 fully saturated rings. The lowest BCUT2D eigenvalue weighted by molar-refractivity contribution is -0.138. The third kappa shape index (κ3) is 4.73. The van der Waals surface area contributed by atoms with Gasteiger partial charge in [0, 0.05) is 51.2 Å². The van der Waals surface area contributed by atoms with Gasteiger partial charge in [-0.2, -0.15) is 0 Å². The zero-order valence-corrected chi connectivity index (χ0v) is 15.8. The molecule has 25 heavy (non-hydrogen) atoms. The first-order valence-corrected chi connectivity index (χ1v) is 9.97. The van der Waals surface area contributed by atoms with Crippen molar-refractivity contribution < 1.29 is 9.59 Å². The molecular formula is C19H34N4O2. The van der Waals surface area contributed by atoms with E-state index in [4.69, 9.17) is 5.73 Å². The number of carbonyl (C=O) groups is 2. The zero-order chi connectivity index (χ0) is 18.0. The highest BCUT2D eigenvalue weighted by Crippen LogP contribution is 2.26. The Labute approximate surface area is 151 Å². The lowest BCUT2D eigenvalue weighted by atomic mass is 9.92. The molecule has 6 nitrogen and oxygen atoms in total. The Morgan fingerprint density at radius 2 is 1.56 bits per heavy atom. The first-order chi connectivity index (χ1) is 11.9. The Bertz CT molecular complexity index is 480. The minimum absolute atomic E-state index is 0.125. The molecule has 2 amide bonds. The standard InChI is InChI=1S/C19H34N4O2/c1-14-9-15(2)12-23(11-14)18(24)13-21-5-7-22(8-6-21)19(25)16-3-4-17(20)10-16/h14-17H,3-13,20H2,1-2H3. The number of carbonyl (C=O) groups excluding carboxylic acids is 2. The average Bonchev–Trinajstić information content (AvgIpc) is 3.00. The van der Waals surface area contributed by atoms with E-state index in [1.165, 1.54) is 6.42 Å². The van der Waals surface area contributed by atoms with Gasteiger partial charge in [0.15, 0.2) is 0 Å². The molecule has 0 aromatic rings. The van der Waals surface area contributed by atoms with Crippen molar-refractivity contribution in [3.8, 4) is 0 Å². The van der Waals surface area contributed by atoms with Gasteiger partial charge in [0.2, 0.25) is 11.8 Å². The van der Waals surface area contributed by atoms with Crippen molar-refractivity contribution in [2.75, 3.05) is 45.8 Å². The minimum atomic E-state index is 0.125. The zero-order valence-electron chi connectivity index (χ0n) is 15.8. The summed E-state index contributed by atoms with van der Waals surface area (Å²) in [6, 6.07) is 0.196. The summed E-state index contributed by atoms with van der Waals surface area (Å²) < 4.78 is 0. The lowest BCUT2D eigenvalue weighted by Crippen LogP contribution is -2.53. The van der Waals surface area contributed by atoms with Crippen LogP contribution in [0.5, 0.6) is 0 Å². The molecule has 2 saturated heterocycles. The van der Waals surface area contributed by atoms with E-state index < -0.39 is 0 Å². The first-order valence-electron chi connectivity index (χ1n) is 9.97. The van der Waals surface area contributed by atoms with Crippen molar-refractivity contribution in [3.63, 3.8) is 0 Å². The number of hydrogen-bond acceptors (Lipinski definition) is 4. The molecule has 0 spiro atoms. The SMILES string of the molecule is CC1CC(C)CN(C(=O)CN2CCN(C(=O)C3CCC(N)C3)CC2)C1. The second kappa shape index (κ2) is 8.04. The molecule has 2 heterocycles. The molecular weight excluding hydrogens is 316 g/mol. The maximum absolute atomic E-state index is 12.6. The number of rotatable bonds is 3. The summed E-state index contributed by atoms with van der Waals surface area (Å²) in [5.41, 5.74) is 5.94. The predicted molar refractivity (Wildman–Crippen MR) is 97.9 cm³/mol. The van der Waals surface area contributed by atoms with Crippen LogP contribution in [0.3, 0.4) is 0 Å². The smallest absolute Gasteiger partial charge is 0.236 e. The molecule has 0 aromatic carbocycles. The van der Waals surface area contributed by atoms with E-state index in [2.05, 4.69) is 18.7 Å². The molecule has 3 aliphatic rings. The van der Waals surface area contributed by atoms with Gasteiger partial charge in [0.25, 0.3) is 0 Å². The van der Waals surface area contributed by atoms with Crippen LogP contribution in [0.1, 0.15) is 39.5 Å². The molecule has 142 valence electrons. The number of nitrogens with two attached hydrogens (primary N) is 1. The van der Waals surface area contributed by atoms with E-state index in [1.807, 2.05) is 9.80 Å². The molecule has 1 aliphatic carbocycles. The van der Waals surface area contributed by atoms with E-state index in [-0.39, 0.29) is 23.8 Å². The van der Waals surface area contributed by atoms with Crippen LogP contribution in [0.2, 0.25) is 0 Å². The average molecular weight is 351 g/mol. The van der Waals surface area contributed by atoms with Gasteiger partial charge in [0.1, 0.15) is 0 Å². The van der Waals surface area contributed by atoms with Gasteiger partial charge in [-0.3, -0.25) is 14.5 Å². The largest absolute Gasteiger partial charge is 0.341 e. The molecule has 0 bridgehead atoms. The van der Waals surface area contributed by atoms with Crippen LogP contribution in [0, 0.1) is 17.8 Å². The molecule has 0 radical (unpaired) electrons. The van der Waals surface area contributed by atoms with E-state index in [0.717, 1.165) is 58.5 Å². The van der Waals surface area contributed by atoms with Crippen molar-refractivity contribution in [1.29, 1.82) is 0 Å². The lowest BCUT2D eigenvalue weighted by Gasteiger charge is -2.39. The molecule has 6 heteroatoms. The third-order valence-electron chi connectivity index (χ3n) is 6.09. The van der Waals surface area contributed by atoms with E-state index in [9.17, 15) is 9.59 Å².